The van der Waals surface area contributed by atoms with Gasteiger partial charge in [0, 0.05) is 28.6 Å². The number of rotatable bonds is 5. The van der Waals surface area contributed by atoms with Crippen molar-refractivity contribution in [2.24, 2.45) is 0 Å². The molecule has 1 unspecified atom stereocenters. The number of hydrogen-bond donors (Lipinski definition) is 2. The Morgan fingerprint density at radius 3 is 2.72 bits per heavy atom. The summed E-state index contributed by atoms with van der Waals surface area (Å²) in [5.74, 6) is 0.301. The molecule has 3 heterocycles. The molecule has 0 spiro atoms. The van der Waals surface area contributed by atoms with E-state index in [0.29, 0.717) is 23.9 Å². The first-order valence-electron chi connectivity index (χ1n) is 13.4. The van der Waals surface area contributed by atoms with E-state index in [1.165, 1.54) is 18.2 Å². The van der Waals surface area contributed by atoms with E-state index in [9.17, 15) is 18.3 Å². The van der Waals surface area contributed by atoms with E-state index in [-0.39, 0.29) is 86.3 Å². The Labute approximate surface area is 249 Å². The van der Waals surface area contributed by atoms with Crippen molar-refractivity contribution in [1.82, 2.24) is 14.9 Å². The average Bonchev–Trinajstić information content (AvgIpc) is 3.50. The molecule has 0 amide bonds. The Bertz CT molecular complexity index is 1950. The van der Waals surface area contributed by atoms with Gasteiger partial charge >= 0.3 is 6.01 Å². The maximum atomic E-state index is 16.7. The van der Waals surface area contributed by atoms with Crippen LogP contribution in [0.25, 0.3) is 38.4 Å². The zero-order valence-corrected chi connectivity index (χ0v) is 23.8. The van der Waals surface area contributed by atoms with E-state index < -0.39 is 23.3 Å². The number of anilines is 1. The van der Waals surface area contributed by atoms with Gasteiger partial charge in [0.2, 0.25) is 0 Å². The summed E-state index contributed by atoms with van der Waals surface area (Å²) >= 11 is 6.83. The summed E-state index contributed by atoms with van der Waals surface area (Å²) in [6.07, 6.45) is 5.55. The summed E-state index contributed by atoms with van der Waals surface area (Å²) in [6, 6.07) is 4.94. The monoisotopic (exact) mass is 608 g/mol. The number of nitrogens with two attached hydrogens (primary N) is 1. The topological polar surface area (TPSA) is 84.5 Å². The molecule has 0 aliphatic carbocycles. The van der Waals surface area contributed by atoms with Crippen LogP contribution in [0.3, 0.4) is 0 Å². The van der Waals surface area contributed by atoms with Crippen LogP contribution in [0.5, 0.6) is 11.8 Å². The minimum absolute atomic E-state index is 0.00780. The summed E-state index contributed by atoms with van der Waals surface area (Å²) in [5, 5.41) is 11.0. The number of hydrogen-bond acceptors (Lipinski definition) is 6. The van der Waals surface area contributed by atoms with E-state index >= 15 is 4.39 Å². The maximum Gasteiger partial charge on any atom is 0.319 e. The summed E-state index contributed by atoms with van der Waals surface area (Å²) in [7, 11) is 0. The van der Waals surface area contributed by atoms with Crippen molar-refractivity contribution in [2.45, 2.75) is 31.7 Å². The van der Waals surface area contributed by atoms with Crippen molar-refractivity contribution < 1.29 is 27.4 Å². The molecule has 11 heteroatoms. The number of nitrogen functional groups attached to an aromatic ring is 1. The molecule has 2 aliphatic rings. The number of benzene rings is 3. The molecule has 2 aliphatic heterocycles. The number of aromatic hydroxyl groups is 1. The lowest BCUT2D eigenvalue weighted by atomic mass is 9.90. The minimum atomic E-state index is -1.69. The van der Waals surface area contributed by atoms with Crippen LogP contribution in [-0.2, 0) is 0 Å². The highest BCUT2D eigenvalue weighted by Gasteiger charge is 2.48. The van der Waals surface area contributed by atoms with E-state index in [4.69, 9.17) is 28.5 Å². The SMILES string of the molecule is C#Cc1c(F)ccc2cc(O)cc(-c3c(Cl)c(C(=C)C)c4c(N)nc(OCC56CCCN5CC(=C(F)F)C6)nc4c3F)c12. The normalized spacial score (nSPS) is 18.3. The number of terminal acetylenes is 1. The van der Waals surface area contributed by atoms with E-state index in [1.807, 2.05) is 4.90 Å². The minimum Gasteiger partial charge on any atom is -0.508 e. The van der Waals surface area contributed by atoms with Crippen molar-refractivity contribution >= 4 is 44.7 Å². The van der Waals surface area contributed by atoms with Crippen LogP contribution < -0.4 is 10.5 Å². The molecule has 1 aromatic heterocycles. The largest absolute Gasteiger partial charge is 0.508 e. The lowest BCUT2D eigenvalue weighted by Gasteiger charge is -2.30. The van der Waals surface area contributed by atoms with Gasteiger partial charge in [0.15, 0.2) is 5.82 Å². The molecule has 0 radical (unpaired) electrons. The number of halogens is 5. The fourth-order valence-electron chi connectivity index (χ4n) is 6.44. The van der Waals surface area contributed by atoms with Gasteiger partial charge in [-0.1, -0.05) is 30.2 Å². The molecule has 3 N–H and O–H groups in total. The predicted molar refractivity (Wildman–Crippen MR) is 159 cm³/mol. The lowest BCUT2D eigenvalue weighted by molar-refractivity contribution is 0.108. The van der Waals surface area contributed by atoms with Gasteiger partial charge < -0.3 is 15.6 Å². The fourth-order valence-corrected chi connectivity index (χ4v) is 6.88. The Kier molecular flexibility index (Phi) is 6.98. The second-order valence-electron chi connectivity index (χ2n) is 11.0. The van der Waals surface area contributed by atoms with Crippen molar-refractivity contribution in [3.63, 3.8) is 0 Å². The van der Waals surface area contributed by atoms with Crippen LogP contribution in [0, 0.1) is 24.0 Å². The van der Waals surface area contributed by atoms with Gasteiger partial charge in [0.05, 0.1) is 21.5 Å². The molecule has 6 nitrogen and oxygen atoms in total. The van der Waals surface area contributed by atoms with Crippen LogP contribution in [0.15, 0.2) is 42.5 Å². The van der Waals surface area contributed by atoms with Crippen LogP contribution in [0.1, 0.15) is 37.3 Å². The molecule has 0 bridgehead atoms. The van der Waals surface area contributed by atoms with Crippen LogP contribution in [0.4, 0.5) is 23.4 Å². The number of phenols is 1. The van der Waals surface area contributed by atoms with Crippen LogP contribution in [-0.4, -0.2) is 45.2 Å². The van der Waals surface area contributed by atoms with Gasteiger partial charge in [-0.15, -0.1) is 6.42 Å². The Morgan fingerprint density at radius 2 is 2.02 bits per heavy atom. The van der Waals surface area contributed by atoms with E-state index in [1.54, 1.807) is 6.92 Å². The number of aromatic nitrogens is 2. The van der Waals surface area contributed by atoms with Crippen molar-refractivity contribution in [3.8, 4) is 35.2 Å². The van der Waals surface area contributed by atoms with Gasteiger partial charge in [0.1, 0.15) is 29.5 Å². The van der Waals surface area contributed by atoms with E-state index in [0.717, 1.165) is 12.5 Å². The maximum absolute atomic E-state index is 16.7. The zero-order valence-electron chi connectivity index (χ0n) is 23.0. The highest BCUT2D eigenvalue weighted by Crippen LogP contribution is 2.47. The third-order valence-corrected chi connectivity index (χ3v) is 8.71. The van der Waals surface area contributed by atoms with Gasteiger partial charge in [0.25, 0.3) is 6.08 Å². The smallest absolute Gasteiger partial charge is 0.319 e. The quantitative estimate of drug-likeness (QED) is 0.181. The highest BCUT2D eigenvalue weighted by molar-refractivity contribution is 6.37. The molecule has 43 heavy (non-hydrogen) atoms. The number of allylic oxidation sites excluding steroid dienone is 1. The third kappa shape index (κ3) is 4.55. The predicted octanol–water partition coefficient (Wildman–Crippen LogP) is 7.45. The molecular weight excluding hydrogens is 584 g/mol. The number of fused-ring (bicyclic) bond motifs is 3. The molecule has 2 fully saturated rings. The molecule has 220 valence electrons. The van der Waals surface area contributed by atoms with Crippen molar-refractivity contribution in [3.05, 3.63) is 70.3 Å². The first-order valence-corrected chi connectivity index (χ1v) is 13.8. The molecule has 3 aromatic carbocycles. The van der Waals surface area contributed by atoms with Gasteiger partial charge in [-0.25, -0.2) is 8.78 Å². The zero-order chi connectivity index (χ0) is 30.8. The molecule has 0 saturated carbocycles. The first-order chi connectivity index (χ1) is 20.5. The van der Waals surface area contributed by atoms with Crippen LogP contribution >= 0.6 is 11.6 Å². The fraction of sp³-hybridized carbons (Fsp3) is 0.250. The Balaban J connectivity index is 1.55. The highest BCUT2D eigenvalue weighted by atomic mass is 35.5. The number of nitrogens with zero attached hydrogens (tertiary/aromatic N) is 3. The number of ether oxygens (including phenoxy) is 1. The number of phenolic OH excluding ortho intramolecular Hbond substituents is 1. The van der Waals surface area contributed by atoms with Crippen molar-refractivity contribution in [1.29, 1.82) is 0 Å². The lowest BCUT2D eigenvalue weighted by Crippen LogP contribution is -2.43. The van der Waals surface area contributed by atoms with Crippen LogP contribution in [0.2, 0.25) is 5.02 Å². The summed E-state index contributed by atoms with van der Waals surface area (Å²) < 4.78 is 64.3. The molecular formula is C32H25ClF4N4O2. The van der Waals surface area contributed by atoms with Gasteiger partial charge in [-0.05, 0) is 67.5 Å². The molecule has 6 rings (SSSR count). The second-order valence-corrected chi connectivity index (χ2v) is 11.4. The van der Waals surface area contributed by atoms with Gasteiger partial charge in [-0.3, -0.25) is 4.90 Å². The summed E-state index contributed by atoms with van der Waals surface area (Å²) in [4.78, 5) is 10.5. The summed E-state index contributed by atoms with van der Waals surface area (Å²) in [5.41, 5.74) is 5.83. The Hall–Kier alpha value is -4.33. The standard InChI is InChI=1S/C32H25ClF4N4O2/c1-4-19-21(34)7-6-16-10-18(42)11-20(23(16)19)24-26(33)22(15(2)3)25-28(27(24)35)39-31(40-30(25)38)43-14-32-8-5-9-41(32)13-17(12-32)29(36)37/h1,6-7,10-11,42H,2,5,8-9,12-14H2,3H3,(H2,38,39,40). The van der Waals surface area contributed by atoms with Crippen molar-refractivity contribution in [2.75, 3.05) is 25.4 Å². The van der Waals surface area contributed by atoms with Gasteiger partial charge in [-0.2, -0.15) is 18.7 Å². The Morgan fingerprint density at radius 1 is 1.26 bits per heavy atom. The molecule has 4 aromatic rings. The third-order valence-electron chi connectivity index (χ3n) is 8.33. The average molecular weight is 609 g/mol. The summed E-state index contributed by atoms with van der Waals surface area (Å²) in [6.45, 7) is 6.41. The van der Waals surface area contributed by atoms with E-state index in [2.05, 4.69) is 22.5 Å². The second kappa shape index (κ2) is 10.4. The molecule has 1 atom stereocenters. The first kappa shape index (κ1) is 28.8. The molecule has 2 saturated heterocycles.